The summed E-state index contributed by atoms with van der Waals surface area (Å²) in [6, 6.07) is 0.864. The van der Waals surface area contributed by atoms with Crippen LogP contribution in [-0.4, -0.2) is 56.7 Å². The molecule has 14 heteroatoms. The van der Waals surface area contributed by atoms with Crippen LogP contribution in [0.2, 0.25) is 0 Å². The van der Waals surface area contributed by atoms with Crippen LogP contribution in [0.4, 0.5) is 37.1 Å². The summed E-state index contributed by atoms with van der Waals surface area (Å²) in [7, 11) is 0. The van der Waals surface area contributed by atoms with Gasteiger partial charge in [-0.25, -0.2) is 14.8 Å². The first-order valence-corrected chi connectivity index (χ1v) is 12.8. The number of aromatic nitrogens is 3. The van der Waals surface area contributed by atoms with Gasteiger partial charge in [-0.1, -0.05) is 6.42 Å². The molecule has 40 heavy (non-hydrogen) atoms. The number of anilines is 1. The monoisotopic (exact) mass is 575 g/mol. The van der Waals surface area contributed by atoms with Gasteiger partial charge in [0, 0.05) is 38.2 Å². The second kappa shape index (κ2) is 10.3. The summed E-state index contributed by atoms with van der Waals surface area (Å²) in [5.41, 5.74) is -5.09. The number of halogens is 6. The summed E-state index contributed by atoms with van der Waals surface area (Å²) >= 11 is 0. The number of hydrogen-bond acceptors (Lipinski definition) is 6. The molecule has 0 aromatic carbocycles. The Hall–Kier alpha value is -3.32. The molecule has 1 saturated carbocycles. The number of carbonyl (C=O) groups excluding carboxylic acids is 1. The minimum atomic E-state index is -4.84. The van der Waals surface area contributed by atoms with E-state index in [1.54, 1.807) is 37.5 Å². The minimum Gasteiger partial charge on any atom is -0.444 e. The van der Waals surface area contributed by atoms with Crippen molar-refractivity contribution in [1.82, 2.24) is 19.9 Å². The second-order valence-electron chi connectivity index (χ2n) is 11.5. The highest BCUT2D eigenvalue weighted by molar-refractivity contribution is 5.70. The molecule has 2 aromatic rings. The molecule has 1 aliphatic heterocycles. The summed E-state index contributed by atoms with van der Waals surface area (Å²) in [4.78, 5) is 38.5. The third-order valence-corrected chi connectivity index (χ3v) is 7.56. The summed E-state index contributed by atoms with van der Waals surface area (Å²) in [6.45, 7) is 7.37. The van der Waals surface area contributed by atoms with E-state index >= 15 is 0 Å². The van der Waals surface area contributed by atoms with Crippen LogP contribution >= 0.6 is 0 Å². The van der Waals surface area contributed by atoms with E-state index in [-0.39, 0.29) is 31.5 Å². The number of alkyl halides is 6. The minimum absolute atomic E-state index is 0.0426. The number of amides is 1. The molecule has 8 nitrogen and oxygen atoms in total. The number of aromatic amines is 1. The lowest BCUT2D eigenvalue weighted by atomic mass is 9.73. The van der Waals surface area contributed by atoms with Crippen molar-refractivity contribution in [2.45, 2.75) is 76.4 Å². The number of H-pyrrole nitrogens is 1. The molecule has 2 fully saturated rings. The van der Waals surface area contributed by atoms with Gasteiger partial charge in [0.2, 0.25) is 5.95 Å². The van der Waals surface area contributed by atoms with E-state index in [0.717, 1.165) is 6.07 Å². The van der Waals surface area contributed by atoms with Crippen molar-refractivity contribution >= 4 is 12.0 Å². The first-order chi connectivity index (χ1) is 18.4. The molecule has 0 bridgehead atoms. The zero-order valence-corrected chi connectivity index (χ0v) is 22.5. The third kappa shape index (κ3) is 6.04. The highest BCUT2D eigenvalue weighted by Gasteiger charge is 2.52. The normalized spacial score (nSPS) is 24.4. The molecule has 0 spiro atoms. The maximum Gasteiger partial charge on any atom is 0.421 e. The maximum absolute atomic E-state index is 13.5. The predicted octanol–water partition coefficient (Wildman–Crippen LogP) is 5.60. The Balaban J connectivity index is 1.72. The zero-order chi connectivity index (χ0) is 29.7. The fraction of sp³-hybridized carbons (Fsp3) is 0.615. The molecule has 1 N–H and O–H groups in total. The lowest BCUT2D eigenvalue weighted by Gasteiger charge is -2.53. The SMILES string of the molecule is CC(C)(C)OC(=O)N1CCN(c2ncc(C(F)(F)F)cn2)CC1(C)C1CCCC1c1c[nH]c(=O)c(C(F)(F)F)c1. The summed E-state index contributed by atoms with van der Waals surface area (Å²) in [5, 5.41) is 0. The van der Waals surface area contributed by atoms with Gasteiger partial charge >= 0.3 is 18.4 Å². The molecule has 2 aromatic heterocycles. The van der Waals surface area contributed by atoms with E-state index < -0.39 is 52.2 Å². The Morgan fingerprint density at radius 1 is 1.05 bits per heavy atom. The van der Waals surface area contributed by atoms with Gasteiger partial charge in [0.25, 0.3) is 5.56 Å². The lowest BCUT2D eigenvalue weighted by molar-refractivity contribution is -0.139. The molecule has 220 valence electrons. The molecule has 0 radical (unpaired) electrons. The Morgan fingerprint density at radius 2 is 1.70 bits per heavy atom. The second-order valence-corrected chi connectivity index (χ2v) is 11.5. The van der Waals surface area contributed by atoms with Crippen LogP contribution in [0.5, 0.6) is 0 Å². The van der Waals surface area contributed by atoms with Crippen molar-refractivity contribution in [3.05, 3.63) is 51.7 Å². The van der Waals surface area contributed by atoms with Gasteiger partial charge in [-0.3, -0.25) is 9.69 Å². The Bertz CT molecular complexity index is 1290. The van der Waals surface area contributed by atoms with Crippen molar-refractivity contribution in [3.63, 3.8) is 0 Å². The predicted molar refractivity (Wildman–Crippen MR) is 133 cm³/mol. The standard InChI is InChI=1S/C26H31F6N5O3/c1-23(2,3)40-22(39)37-9-8-36(21-34-12-16(13-35-21)25(27,28)29)14-24(37,4)18-7-5-6-17(18)15-10-19(26(30,31)32)20(38)33-11-15/h10-13,17-18H,5-9,14H2,1-4H3,(H,33,38). The Labute approximate surface area is 226 Å². The topological polar surface area (TPSA) is 91.4 Å². The molecule has 3 heterocycles. The number of nitrogens with zero attached hydrogens (tertiary/aromatic N) is 4. The zero-order valence-electron chi connectivity index (χ0n) is 22.5. The van der Waals surface area contributed by atoms with Crippen LogP contribution in [0, 0.1) is 5.92 Å². The molecule has 2 aliphatic rings. The number of pyridine rings is 1. The van der Waals surface area contributed by atoms with Crippen molar-refractivity contribution in [3.8, 4) is 0 Å². The van der Waals surface area contributed by atoms with Crippen molar-refractivity contribution < 1.29 is 35.9 Å². The molecular formula is C26H31F6N5O3. The molecule has 4 rings (SSSR count). The van der Waals surface area contributed by atoms with Gasteiger partial charge in [-0.05, 0) is 64.0 Å². The van der Waals surface area contributed by atoms with E-state index in [1.807, 2.05) is 0 Å². The fourth-order valence-corrected chi connectivity index (χ4v) is 5.79. The first kappa shape index (κ1) is 29.7. The largest absolute Gasteiger partial charge is 0.444 e. The van der Waals surface area contributed by atoms with Gasteiger partial charge < -0.3 is 14.6 Å². The van der Waals surface area contributed by atoms with E-state index in [9.17, 15) is 35.9 Å². The van der Waals surface area contributed by atoms with Crippen molar-refractivity contribution in [1.29, 1.82) is 0 Å². The maximum atomic E-state index is 13.5. The first-order valence-electron chi connectivity index (χ1n) is 12.8. The van der Waals surface area contributed by atoms with Gasteiger partial charge in [-0.2, -0.15) is 26.3 Å². The van der Waals surface area contributed by atoms with Crippen LogP contribution in [-0.2, 0) is 17.1 Å². The van der Waals surface area contributed by atoms with Crippen molar-refractivity contribution in [2.75, 3.05) is 24.5 Å². The van der Waals surface area contributed by atoms with Crippen LogP contribution in [0.3, 0.4) is 0 Å². The van der Waals surface area contributed by atoms with Crippen LogP contribution in [0.25, 0.3) is 0 Å². The average Bonchev–Trinajstić information content (AvgIpc) is 3.33. The Kier molecular flexibility index (Phi) is 7.61. The number of hydrogen-bond donors (Lipinski definition) is 1. The Morgan fingerprint density at radius 3 is 2.27 bits per heavy atom. The molecule has 1 saturated heterocycles. The highest BCUT2D eigenvalue weighted by atomic mass is 19.4. The van der Waals surface area contributed by atoms with Gasteiger partial charge in [0.05, 0.1) is 11.1 Å². The number of carbonyl (C=O) groups is 1. The van der Waals surface area contributed by atoms with E-state index in [1.165, 1.54) is 6.20 Å². The van der Waals surface area contributed by atoms with E-state index in [2.05, 4.69) is 15.0 Å². The molecule has 1 aliphatic carbocycles. The summed E-state index contributed by atoms with van der Waals surface area (Å²) in [6.07, 6.45) is -5.66. The van der Waals surface area contributed by atoms with Gasteiger partial charge in [0.15, 0.2) is 0 Å². The van der Waals surface area contributed by atoms with Gasteiger partial charge in [0.1, 0.15) is 11.2 Å². The molecule has 3 unspecified atom stereocenters. The quantitative estimate of drug-likeness (QED) is 0.479. The van der Waals surface area contributed by atoms with E-state index in [0.29, 0.717) is 37.2 Å². The third-order valence-electron chi connectivity index (χ3n) is 7.56. The lowest BCUT2D eigenvalue weighted by Crippen LogP contribution is -2.66. The van der Waals surface area contributed by atoms with Crippen LogP contribution < -0.4 is 10.5 Å². The molecular weight excluding hydrogens is 544 g/mol. The molecule has 1 amide bonds. The fourth-order valence-electron chi connectivity index (χ4n) is 5.79. The number of nitrogens with one attached hydrogen (secondary N) is 1. The molecule has 3 atom stereocenters. The summed E-state index contributed by atoms with van der Waals surface area (Å²) in [5.74, 6) is -0.772. The number of ether oxygens (including phenoxy) is 1. The average molecular weight is 576 g/mol. The van der Waals surface area contributed by atoms with Crippen LogP contribution in [0.15, 0.2) is 29.5 Å². The van der Waals surface area contributed by atoms with Crippen LogP contribution in [0.1, 0.15) is 69.6 Å². The van der Waals surface area contributed by atoms with Crippen molar-refractivity contribution in [2.24, 2.45) is 5.92 Å². The number of rotatable bonds is 3. The summed E-state index contributed by atoms with van der Waals surface area (Å²) < 4.78 is 85.4. The highest BCUT2D eigenvalue weighted by Crippen LogP contribution is 2.49. The van der Waals surface area contributed by atoms with E-state index in [4.69, 9.17) is 4.74 Å². The smallest absolute Gasteiger partial charge is 0.421 e. The van der Waals surface area contributed by atoms with Gasteiger partial charge in [-0.15, -0.1) is 0 Å². The number of piperazine rings is 1.